The van der Waals surface area contributed by atoms with Gasteiger partial charge in [-0.3, -0.25) is 19.2 Å². The topological polar surface area (TPSA) is 74.8 Å². The van der Waals surface area contributed by atoms with Crippen LogP contribution < -0.4 is 0 Å². The summed E-state index contributed by atoms with van der Waals surface area (Å²) in [4.78, 5) is 52.9. The minimum atomic E-state index is -0.777. The molecule has 0 spiro atoms. The summed E-state index contributed by atoms with van der Waals surface area (Å²) in [5, 5.41) is 1.99. The molecular weight excluding hydrogens is 470 g/mol. The van der Waals surface area contributed by atoms with Gasteiger partial charge in [0.2, 0.25) is 0 Å². The second kappa shape index (κ2) is 9.23. The van der Waals surface area contributed by atoms with E-state index in [9.17, 15) is 23.6 Å². The highest BCUT2D eigenvalue weighted by atomic mass is 35.5. The van der Waals surface area contributed by atoms with E-state index >= 15 is 0 Å². The number of nitrogens with zero attached hydrogens (tertiary/aromatic N) is 2. The van der Waals surface area contributed by atoms with Gasteiger partial charge in [-0.2, -0.15) is 5.01 Å². The molecule has 172 valence electrons. The monoisotopic (exact) mass is 490 g/mol. The minimum Gasteiger partial charge on any atom is -0.292 e. The Hall–Kier alpha value is -2.77. The molecule has 33 heavy (non-hydrogen) atoms. The number of ketones is 1. The zero-order chi connectivity index (χ0) is 23.9. The molecular formula is C24H21Cl2FN2O4. The van der Waals surface area contributed by atoms with Crippen molar-refractivity contribution in [2.24, 2.45) is 17.8 Å². The first kappa shape index (κ1) is 23.4. The van der Waals surface area contributed by atoms with Gasteiger partial charge in [-0.25, -0.2) is 9.40 Å². The van der Waals surface area contributed by atoms with Crippen LogP contribution in [-0.2, 0) is 9.59 Å². The molecule has 6 nitrogen and oxygen atoms in total. The Kier molecular flexibility index (Phi) is 6.54. The van der Waals surface area contributed by atoms with Crippen LogP contribution in [0.25, 0.3) is 0 Å². The number of carbonyl (C=O) groups excluding carboxylic acids is 4. The Morgan fingerprint density at radius 1 is 1.03 bits per heavy atom. The third-order valence-corrected chi connectivity index (χ3v) is 6.81. The molecule has 2 aromatic rings. The lowest BCUT2D eigenvalue weighted by atomic mass is 9.76. The molecule has 1 aliphatic carbocycles. The lowest BCUT2D eigenvalue weighted by Gasteiger charge is -2.30. The largest absolute Gasteiger partial charge is 0.292 e. The summed E-state index contributed by atoms with van der Waals surface area (Å²) in [7, 11) is 0. The normalized spacial score (nSPS) is 22.3. The molecule has 1 heterocycles. The second-order valence-corrected chi connectivity index (χ2v) is 9.38. The zero-order valence-electron chi connectivity index (χ0n) is 17.8. The van der Waals surface area contributed by atoms with Gasteiger partial charge in [-0.1, -0.05) is 30.1 Å². The van der Waals surface area contributed by atoms with Gasteiger partial charge in [0, 0.05) is 10.6 Å². The van der Waals surface area contributed by atoms with Gasteiger partial charge in [0.05, 0.1) is 22.4 Å². The van der Waals surface area contributed by atoms with Crippen LogP contribution in [0.1, 0.15) is 46.9 Å². The molecule has 2 fully saturated rings. The van der Waals surface area contributed by atoms with Crippen molar-refractivity contribution in [2.45, 2.75) is 26.2 Å². The maximum atomic E-state index is 13.5. The van der Waals surface area contributed by atoms with Crippen molar-refractivity contribution in [1.29, 1.82) is 0 Å². The number of hydrazine groups is 1. The molecule has 3 amide bonds. The number of halogens is 3. The van der Waals surface area contributed by atoms with Crippen molar-refractivity contribution in [3.8, 4) is 0 Å². The minimum absolute atomic E-state index is 0.00295. The van der Waals surface area contributed by atoms with Crippen LogP contribution in [-0.4, -0.2) is 40.1 Å². The van der Waals surface area contributed by atoms with Gasteiger partial charge in [0.15, 0.2) is 5.78 Å². The van der Waals surface area contributed by atoms with Gasteiger partial charge in [0.1, 0.15) is 12.4 Å². The van der Waals surface area contributed by atoms with Crippen LogP contribution in [0.3, 0.4) is 0 Å². The molecule has 2 aliphatic rings. The first-order chi connectivity index (χ1) is 15.7. The Morgan fingerprint density at radius 3 is 2.36 bits per heavy atom. The average molecular weight is 491 g/mol. The van der Waals surface area contributed by atoms with Crippen molar-refractivity contribution in [3.05, 3.63) is 69.5 Å². The lowest BCUT2D eigenvalue weighted by molar-refractivity contribution is -0.154. The predicted molar refractivity (Wildman–Crippen MR) is 120 cm³/mol. The number of hydrogen-bond acceptors (Lipinski definition) is 4. The SMILES string of the molecule is C[C@@H]1CC[C@@H]2C(=O)N(N(CC(=O)c3ccc(F)cc3)C(=O)c3ccc(Cl)cc3Cl)C(=O)[C@H]2C1. The smallest absolute Gasteiger partial charge is 0.274 e. The van der Waals surface area contributed by atoms with Gasteiger partial charge < -0.3 is 0 Å². The number of hydrogen-bond donors (Lipinski definition) is 0. The molecule has 0 N–H and O–H groups in total. The quantitative estimate of drug-likeness (QED) is 0.445. The molecule has 4 rings (SSSR count). The fraction of sp³-hybridized carbons (Fsp3) is 0.333. The van der Waals surface area contributed by atoms with Crippen LogP contribution in [0.15, 0.2) is 42.5 Å². The molecule has 1 saturated heterocycles. The van der Waals surface area contributed by atoms with Crippen LogP contribution in [0.4, 0.5) is 4.39 Å². The summed E-state index contributed by atoms with van der Waals surface area (Å²) >= 11 is 12.1. The third-order valence-electron chi connectivity index (χ3n) is 6.26. The number of benzene rings is 2. The fourth-order valence-electron chi connectivity index (χ4n) is 4.51. The number of fused-ring (bicyclic) bond motifs is 1. The predicted octanol–water partition coefficient (Wildman–Crippen LogP) is 4.79. The van der Waals surface area contributed by atoms with Crippen LogP contribution in [0, 0.1) is 23.6 Å². The maximum absolute atomic E-state index is 13.5. The van der Waals surface area contributed by atoms with E-state index in [1.54, 1.807) is 0 Å². The first-order valence-corrected chi connectivity index (χ1v) is 11.4. The summed E-state index contributed by atoms with van der Waals surface area (Å²) in [6, 6.07) is 9.01. The highest BCUT2D eigenvalue weighted by Crippen LogP contribution is 2.41. The highest BCUT2D eigenvalue weighted by Gasteiger charge is 2.53. The van der Waals surface area contributed by atoms with E-state index in [0.717, 1.165) is 28.6 Å². The van der Waals surface area contributed by atoms with Gasteiger partial charge in [-0.05, 0) is 67.6 Å². The molecule has 0 unspecified atom stereocenters. The fourth-order valence-corrected chi connectivity index (χ4v) is 5.00. The van der Waals surface area contributed by atoms with E-state index in [-0.39, 0.29) is 22.1 Å². The Morgan fingerprint density at radius 2 is 1.70 bits per heavy atom. The maximum Gasteiger partial charge on any atom is 0.274 e. The van der Waals surface area contributed by atoms with E-state index in [0.29, 0.717) is 17.9 Å². The van der Waals surface area contributed by atoms with E-state index in [4.69, 9.17) is 23.2 Å². The molecule has 0 aromatic heterocycles. The molecule has 9 heteroatoms. The van der Waals surface area contributed by atoms with Crippen molar-refractivity contribution in [1.82, 2.24) is 10.0 Å². The van der Waals surface area contributed by atoms with Gasteiger partial charge in [-0.15, -0.1) is 0 Å². The molecule has 1 aliphatic heterocycles. The van der Waals surface area contributed by atoms with Crippen LogP contribution in [0.5, 0.6) is 0 Å². The number of carbonyl (C=O) groups is 4. The molecule has 2 aromatic carbocycles. The number of Topliss-reactive ketones (excluding diaryl/α,β-unsaturated/α-hetero) is 1. The van der Waals surface area contributed by atoms with E-state index in [1.165, 1.54) is 30.3 Å². The third kappa shape index (κ3) is 4.52. The molecule has 3 atom stereocenters. The Balaban J connectivity index is 1.71. The zero-order valence-corrected chi connectivity index (χ0v) is 19.3. The van der Waals surface area contributed by atoms with Crippen LogP contribution in [0.2, 0.25) is 10.0 Å². The first-order valence-electron chi connectivity index (χ1n) is 10.6. The lowest BCUT2D eigenvalue weighted by Crippen LogP contribution is -2.52. The summed E-state index contributed by atoms with van der Waals surface area (Å²) in [6.45, 7) is 1.43. The average Bonchev–Trinajstić information content (AvgIpc) is 3.01. The van der Waals surface area contributed by atoms with Crippen LogP contribution >= 0.6 is 23.2 Å². The Bertz CT molecular complexity index is 1140. The second-order valence-electron chi connectivity index (χ2n) is 8.54. The molecule has 0 bridgehead atoms. The highest BCUT2D eigenvalue weighted by molar-refractivity contribution is 6.36. The standard InChI is InChI=1S/C24H21Cl2FN2O4/c1-13-2-8-17-19(10-13)24(33)29(23(17)32)28(12-21(30)14-3-6-16(27)7-4-14)22(31)18-9-5-15(25)11-20(18)26/h3-7,9,11,13,17,19H,2,8,10,12H2,1H3/t13-,17+,19+/m1/s1. The van der Waals surface area contributed by atoms with Crippen molar-refractivity contribution < 1.29 is 23.6 Å². The van der Waals surface area contributed by atoms with Crippen molar-refractivity contribution in [2.75, 3.05) is 6.54 Å². The van der Waals surface area contributed by atoms with E-state index < -0.39 is 47.7 Å². The van der Waals surface area contributed by atoms with E-state index in [1.807, 2.05) is 6.92 Å². The summed E-state index contributed by atoms with van der Waals surface area (Å²) in [6.07, 6.45) is 1.89. The molecule has 1 saturated carbocycles. The van der Waals surface area contributed by atoms with Gasteiger partial charge in [0.25, 0.3) is 17.7 Å². The summed E-state index contributed by atoms with van der Waals surface area (Å²) in [5.74, 6) is -3.63. The van der Waals surface area contributed by atoms with Crippen molar-refractivity contribution in [3.63, 3.8) is 0 Å². The number of amides is 3. The van der Waals surface area contributed by atoms with E-state index in [2.05, 4.69) is 0 Å². The van der Waals surface area contributed by atoms with Gasteiger partial charge >= 0.3 is 0 Å². The number of rotatable bonds is 5. The summed E-state index contributed by atoms with van der Waals surface area (Å²) in [5.41, 5.74) is 0.137. The Labute approximate surface area is 200 Å². The van der Waals surface area contributed by atoms with Crippen molar-refractivity contribution >= 4 is 46.7 Å². The summed E-state index contributed by atoms with van der Waals surface area (Å²) < 4.78 is 13.3. The number of imide groups is 1. The molecule has 0 radical (unpaired) electrons.